The maximum Gasteiger partial charge on any atom is 0.153 e. The summed E-state index contributed by atoms with van der Waals surface area (Å²) in [6.07, 6.45) is 2.64. The smallest absolute Gasteiger partial charge is 0.153 e. The highest BCUT2D eigenvalue weighted by Crippen LogP contribution is 2.15. The fraction of sp³-hybridized carbons (Fsp3) is 0.471. The summed E-state index contributed by atoms with van der Waals surface area (Å²) in [6, 6.07) is 6.48. The summed E-state index contributed by atoms with van der Waals surface area (Å²) in [6.45, 7) is 6.25. The number of benzene rings is 1. The number of aryl methyl sites for hydroxylation is 1. The lowest BCUT2D eigenvalue weighted by Gasteiger charge is -2.30. The van der Waals surface area contributed by atoms with Crippen LogP contribution < -0.4 is 5.32 Å². The van der Waals surface area contributed by atoms with E-state index in [9.17, 15) is 4.39 Å². The van der Waals surface area contributed by atoms with Crippen molar-refractivity contribution in [3.63, 3.8) is 0 Å². The molecule has 1 aliphatic rings. The third-order valence-electron chi connectivity index (χ3n) is 4.07. The molecule has 0 saturated carbocycles. The van der Waals surface area contributed by atoms with Crippen LogP contribution in [0.4, 0.5) is 10.2 Å². The molecule has 6 heteroatoms. The zero-order valence-electron chi connectivity index (χ0n) is 13.4. The standard InChI is InChI=1S/C17H22FN5/c1-2-16-20-17(19-8-11-23-9-3-10-23)15(21-22-16)12-13-4-6-14(18)7-5-13/h4-7H,2-3,8-12H2,1H3,(H,19,20,22). The number of rotatable bonds is 7. The van der Waals surface area contributed by atoms with E-state index in [1.54, 1.807) is 12.1 Å². The van der Waals surface area contributed by atoms with Crippen LogP contribution in [0.3, 0.4) is 0 Å². The first-order valence-electron chi connectivity index (χ1n) is 8.17. The second-order valence-electron chi connectivity index (χ2n) is 5.80. The minimum atomic E-state index is -0.229. The molecule has 0 radical (unpaired) electrons. The molecule has 2 aromatic rings. The maximum atomic E-state index is 13.0. The largest absolute Gasteiger partial charge is 0.367 e. The summed E-state index contributed by atoms with van der Waals surface area (Å²) in [5.41, 5.74) is 1.80. The molecule has 1 saturated heterocycles. The van der Waals surface area contributed by atoms with E-state index in [0.717, 1.165) is 42.4 Å². The lowest BCUT2D eigenvalue weighted by atomic mass is 10.1. The van der Waals surface area contributed by atoms with Crippen molar-refractivity contribution in [1.82, 2.24) is 20.1 Å². The average Bonchev–Trinajstić information content (AvgIpc) is 2.53. The van der Waals surface area contributed by atoms with Gasteiger partial charge in [0.2, 0.25) is 0 Å². The topological polar surface area (TPSA) is 53.9 Å². The average molecular weight is 315 g/mol. The van der Waals surface area contributed by atoms with E-state index in [1.807, 2.05) is 6.92 Å². The van der Waals surface area contributed by atoms with Crippen LogP contribution in [-0.2, 0) is 12.8 Å². The van der Waals surface area contributed by atoms with Gasteiger partial charge in [-0.3, -0.25) is 0 Å². The van der Waals surface area contributed by atoms with Gasteiger partial charge in [-0.1, -0.05) is 19.1 Å². The first-order valence-corrected chi connectivity index (χ1v) is 8.17. The quantitative estimate of drug-likeness (QED) is 0.849. The van der Waals surface area contributed by atoms with Crippen LogP contribution in [-0.4, -0.2) is 46.3 Å². The van der Waals surface area contributed by atoms with Crippen molar-refractivity contribution in [2.24, 2.45) is 0 Å². The van der Waals surface area contributed by atoms with Crippen LogP contribution in [0.1, 0.15) is 30.4 Å². The Balaban J connectivity index is 1.70. The van der Waals surface area contributed by atoms with E-state index in [4.69, 9.17) is 0 Å². The van der Waals surface area contributed by atoms with Gasteiger partial charge in [0, 0.05) is 25.9 Å². The van der Waals surface area contributed by atoms with Crippen LogP contribution in [0.15, 0.2) is 24.3 Å². The second kappa shape index (κ2) is 7.46. The number of hydrogen-bond donors (Lipinski definition) is 1. The van der Waals surface area contributed by atoms with Gasteiger partial charge in [-0.15, -0.1) is 10.2 Å². The molecule has 1 aromatic carbocycles. The molecule has 0 amide bonds. The van der Waals surface area contributed by atoms with Crippen LogP contribution in [0.2, 0.25) is 0 Å². The van der Waals surface area contributed by atoms with Crippen LogP contribution in [0.5, 0.6) is 0 Å². The number of nitrogens with one attached hydrogen (secondary N) is 1. The molecule has 1 N–H and O–H groups in total. The molecule has 2 heterocycles. The molecule has 1 fully saturated rings. The highest BCUT2D eigenvalue weighted by Gasteiger charge is 2.14. The van der Waals surface area contributed by atoms with Crippen molar-refractivity contribution in [1.29, 1.82) is 0 Å². The first-order chi connectivity index (χ1) is 11.2. The lowest BCUT2D eigenvalue weighted by molar-refractivity contribution is 0.189. The molecule has 122 valence electrons. The minimum absolute atomic E-state index is 0.229. The van der Waals surface area contributed by atoms with Gasteiger partial charge >= 0.3 is 0 Å². The summed E-state index contributed by atoms with van der Waals surface area (Å²) in [5.74, 6) is 1.30. The van der Waals surface area contributed by atoms with Crippen molar-refractivity contribution < 1.29 is 4.39 Å². The van der Waals surface area contributed by atoms with Gasteiger partial charge in [0.1, 0.15) is 11.5 Å². The summed E-state index contributed by atoms with van der Waals surface area (Å²) in [5, 5.41) is 11.9. The molecule has 0 bridgehead atoms. The van der Waals surface area contributed by atoms with E-state index in [2.05, 4.69) is 25.4 Å². The Morgan fingerprint density at radius 3 is 2.61 bits per heavy atom. The molecule has 23 heavy (non-hydrogen) atoms. The summed E-state index contributed by atoms with van der Waals surface area (Å²) in [4.78, 5) is 6.97. The monoisotopic (exact) mass is 315 g/mol. The fourth-order valence-electron chi connectivity index (χ4n) is 2.53. The van der Waals surface area contributed by atoms with E-state index in [0.29, 0.717) is 6.42 Å². The van der Waals surface area contributed by atoms with E-state index in [1.165, 1.54) is 31.6 Å². The molecular weight excluding hydrogens is 293 g/mol. The normalized spacial score (nSPS) is 14.5. The number of aromatic nitrogens is 3. The van der Waals surface area contributed by atoms with Crippen molar-refractivity contribution in [3.8, 4) is 0 Å². The van der Waals surface area contributed by atoms with Gasteiger partial charge in [0.15, 0.2) is 11.6 Å². The highest BCUT2D eigenvalue weighted by atomic mass is 19.1. The maximum absolute atomic E-state index is 13.0. The second-order valence-corrected chi connectivity index (χ2v) is 5.80. The predicted molar refractivity (Wildman–Crippen MR) is 88.0 cm³/mol. The molecule has 0 aliphatic carbocycles. The van der Waals surface area contributed by atoms with Gasteiger partial charge in [0.25, 0.3) is 0 Å². The number of likely N-dealkylation sites (tertiary alicyclic amines) is 1. The number of nitrogens with zero attached hydrogens (tertiary/aromatic N) is 4. The highest BCUT2D eigenvalue weighted by molar-refractivity contribution is 5.42. The molecule has 0 atom stereocenters. The third-order valence-corrected chi connectivity index (χ3v) is 4.07. The number of anilines is 1. The van der Waals surface area contributed by atoms with Gasteiger partial charge in [-0.05, 0) is 37.2 Å². The van der Waals surface area contributed by atoms with Crippen LogP contribution in [0, 0.1) is 5.82 Å². The van der Waals surface area contributed by atoms with E-state index >= 15 is 0 Å². The van der Waals surface area contributed by atoms with Gasteiger partial charge in [0.05, 0.1) is 0 Å². The molecule has 3 rings (SSSR count). The molecule has 0 unspecified atom stereocenters. The fourth-order valence-corrected chi connectivity index (χ4v) is 2.53. The van der Waals surface area contributed by atoms with Crippen molar-refractivity contribution in [3.05, 3.63) is 47.2 Å². The Labute approximate surface area is 136 Å². The Morgan fingerprint density at radius 2 is 1.96 bits per heavy atom. The summed E-state index contributed by atoms with van der Waals surface area (Å²) >= 11 is 0. The third kappa shape index (κ3) is 4.22. The first kappa shape index (κ1) is 15.8. The Bertz CT molecular complexity index is 640. The Morgan fingerprint density at radius 1 is 1.17 bits per heavy atom. The zero-order chi connectivity index (χ0) is 16.1. The van der Waals surface area contributed by atoms with Crippen LogP contribution in [0.25, 0.3) is 0 Å². The predicted octanol–water partition coefficient (Wildman–Crippen LogP) is 2.28. The lowest BCUT2D eigenvalue weighted by Crippen LogP contribution is -2.40. The molecule has 1 aromatic heterocycles. The SMILES string of the molecule is CCc1nnc(Cc2ccc(F)cc2)c(NCCN2CCC2)n1. The number of hydrogen-bond acceptors (Lipinski definition) is 5. The van der Waals surface area contributed by atoms with Crippen molar-refractivity contribution >= 4 is 5.82 Å². The van der Waals surface area contributed by atoms with Gasteiger partial charge in [-0.2, -0.15) is 0 Å². The Kier molecular flexibility index (Phi) is 5.12. The van der Waals surface area contributed by atoms with Crippen LogP contribution >= 0.6 is 0 Å². The van der Waals surface area contributed by atoms with Gasteiger partial charge in [-0.25, -0.2) is 9.37 Å². The molecule has 1 aliphatic heterocycles. The summed E-state index contributed by atoms with van der Waals surface area (Å²) in [7, 11) is 0. The number of halogens is 1. The van der Waals surface area contributed by atoms with E-state index in [-0.39, 0.29) is 5.82 Å². The van der Waals surface area contributed by atoms with Crippen molar-refractivity contribution in [2.45, 2.75) is 26.2 Å². The molecule has 5 nitrogen and oxygen atoms in total. The Hall–Kier alpha value is -2.08. The van der Waals surface area contributed by atoms with E-state index < -0.39 is 0 Å². The molecular formula is C17H22FN5. The van der Waals surface area contributed by atoms with Gasteiger partial charge < -0.3 is 10.2 Å². The van der Waals surface area contributed by atoms with Crippen molar-refractivity contribution in [2.75, 3.05) is 31.5 Å². The molecule has 0 spiro atoms. The summed E-state index contributed by atoms with van der Waals surface area (Å²) < 4.78 is 13.0. The minimum Gasteiger partial charge on any atom is -0.367 e. The zero-order valence-corrected chi connectivity index (χ0v) is 13.4.